The van der Waals surface area contributed by atoms with Crippen LogP contribution < -0.4 is 11.5 Å². The third kappa shape index (κ3) is 2.77. The van der Waals surface area contributed by atoms with E-state index in [4.69, 9.17) is 11.5 Å². The van der Waals surface area contributed by atoms with Gasteiger partial charge in [0.05, 0.1) is 5.56 Å². The molecule has 0 fully saturated rings. The molecular weight excluding hydrogens is 220 g/mol. The molecular formula is C10H14N6O. The molecule has 0 saturated carbocycles. The molecule has 1 amide bonds. The number of guanidine groups is 2. The standard InChI is InChI=1S/C10H14N6O/c1-13-9(11)16(10(12)14-2)8(17)7-4-3-5-15-6-7/h3-6H,1-2H3,(H2,11,13)(H2,12,14). The Morgan fingerprint density at radius 2 is 1.88 bits per heavy atom. The van der Waals surface area contributed by atoms with E-state index in [1.807, 2.05) is 0 Å². The first kappa shape index (κ1) is 12.6. The van der Waals surface area contributed by atoms with Crippen LogP contribution in [0.3, 0.4) is 0 Å². The van der Waals surface area contributed by atoms with Gasteiger partial charge in [0, 0.05) is 26.5 Å². The van der Waals surface area contributed by atoms with E-state index in [1.54, 1.807) is 18.3 Å². The summed E-state index contributed by atoms with van der Waals surface area (Å²) in [6.45, 7) is 0. The maximum atomic E-state index is 12.1. The van der Waals surface area contributed by atoms with Crippen molar-refractivity contribution in [3.8, 4) is 0 Å². The summed E-state index contributed by atoms with van der Waals surface area (Å²) in [5.74, 6) is -0.479. The first-order valence-electron chi connectivity index (χ1n) is 4.80. The van der Waals surface area contributed by atoms with Gasteiger partial charge in [-0.2, -0.15) is 0 Å². The third-order valence-electron chi connectivity index (χ3n) is 2.03. The Labute approximate surface area is 98.9 Å². The molecule has 0 aliphatic heterocycles. The number of aliphatic imine (C=N–C) groups is 2. The number of hydrogen-bond donors (Lipinski definition) is 2. The number of aromatic nitrogens is 1. The van der Waals surface area contributed by atoms with Gasteiger partial charge in [-0.3, -0.25) is 19.8 Å². The fourth-order valence-corrected chi connectivity index (χ4v) is 1.14. The average Bonchev–Trinajstić information content (AvgIpc) is 2.39. The van der Waals surface area contributed by atoms with Crippen molar-refractivity contribution in [3.63, 3.8) is 0 Å². The Kier molecular flexibility index (Phi) is 4.15. The maximum absolute atomic E-state index is 12.1. The molecule has 0 radical (unpaired) electrons. The highest BCUT2D eigenvalue weighted by Gasteiger charge is 2.22. The van der Waals surface area contributed by atoms with Gasteiger partial charge in [-0.1, -0.05) is 0 Å². The zero-order valence-electron chi connectivity index (χ0n) is 9.66. The van der Waals surface area contributed by atoms with Crippen LogP contribution in [0.1, 0.15) is 10.4 Å². The second kappa shape index (κ2) is 5.59. The fourth-order valence-electron chi connectivity index (χ4n) is 1.14. The lowest BCUT2D eigenvalue weighted by Gasteiger charge is -2.19. The number of rotatable bonds is 1. The van der Waals surface area contributed by atoms with E-state index in [0.29, 0.717) is 5.56 Å². The van der Waals surface area contributed by atoms with Crippen LogP contribution in [0.5, 0.6) is 0 Å². The molecule has 7 heteroatoms. The number of nitrogens with zero attached hydrogens (tertiary/aromatic N) is 4. The van der Waals surface area contributed by atoms with E-state index >= 15 is 0 Å². The maximum Gasteiger partial charge on any atom is 0.269 e. The molecule has 0 atom stereocenters. The molecule has 0 aromatic carbocycles. The second-order valence-electron chi connectivity index (χ2n) is 3.05. The number of nitrogens with two attached hydrogens (primary N) is 2. The van der Waals surface area contributed by atoms with Crippen molar-refractivity contribution in [1.29, 1.82) is 0 Å². The normalized spacial score (nSPS) is 12.4. The van der Waals surface area contributed by atoms with E-state index in [0.717, 1.165) is 4.90 Å². The summed E-state index contributed by atoms with van der Waals surface area (Å²) in [6.07, 6.45) is 2.98. The quantitative estimate of drug-likeness (QED) is 0.500. The molecule has 90 valence electrons. The zero-order valence-corrected chi connectivity index (χ0v) is 9.66. The zero-order chi connectivity index (χ0) is 12.8. The van der Waals surface area contributed by atoms with E-state index < -0.39 is 5.91 Å². The van der Waals surface area contributed by atoms with Gasteiger partial charge in [-0.15, -0.1) is 0 Å². The molecule has 0 spiro atoms. The predicted octanol–water partition coefficient (Wildman–Crippen LogP) is -0.587. The van der Waals surface area contributed by atoms with Gasteiger partial charge >= 0.3 is 0 Å². The molecule has 0 unspecified atom stereocenters. The second-order valence-corrected chi connectivity index (χ2v) is 3.05. The summed E-state index contributed by atoms with van der Waals surface area (Å²) < 4.78 is 0. The fraction of sp³-hybridized carbons (Fsp3) is 0.200. The molecule has 1 heterocycles. The lowest BCUT2D eigenvalue weighted by molar-refractivity contribution is 0.0901. The van der Waals surface area contributed by atoms with Crippen LogP contribution in [0, 0.1) is 0 Å². The Bertz CT molecular complexity index is 435. The topological polar surface area (TPSA) is 110 Å². The summed E-state index contributed by atoms with van der Waals surface area (Å²) in [5.41, 5.74) is 11.6. The number of carbonyl (C=O) groups excluding carboxylic acids is 1. The van der Waals surface area contributed by atoms with Crippen LogP contribution in [0.2, 0.25) is 0 Å². The van der Waals surface area contributed by atoms with Crippen LogP contribution in [0.25, 0.3) is 0 Å². The van der Waals surface area contributed by atoms with Gasteiger partial charge in [-0.25, -0.2) is 4.90 Å². The van der Waals surface area contributed by atoms with E-state index in [9.17, 15) is 4.79 Å². The minimum absolute atomic E-state index is 0.0260. The average molecular weight is 234 g/mol. The van der Waals surface area contributed by atoms with Crippen molar-refractivity contribution in [2.75, 3.05) is 14.1 Å². The number of carbonyl (C=O) groups is 1. The molecule has 0 bridgehead atoms. The Hall–Kier alpha value is -2.44. The molecule has 0 saturated heterocycles. The van der Waals surface area contributed by atoms with Crippen molar-refractivity contribution < 1.29 is 4.79 Å². The monoisotopic (exact) mass is 234 g/mol. The van der Waals surface area contributed by atoms with E-state index in [-0.39, 0.29) is 11.9 Å². The summed E-state index contributed by atoms with van der Waals surface area (Å²) >= 11 is 0. The molecule has 0 aliphatic carbocycles. The van der Waals surface area contributed by atoms with Gasteiger partial charge in [-0.05, 0) is 12.1 Å². The molecule has 7 nitrogen and oxygen atoms in total. The summed E-state index contributed by atoms with van der Waals surface area (Å²) in [7, 11) is 2.92. The summed E-state index contributed by atoms with van der Waals surface area (Å²) in [5, 5.41) is 0. The highest BCUT2D eigenvalue weighted by molar-refractivity contribution is 6.17. The van der Waals surface area contributed by atoms with Gasteiger partial charge in [0.2, 0.25) is 11.9 Å². The van der Waals surface area contributed by atoms with Crippen molar-refractivity contribution >= 4 is 17.8 Å². The highest BCUT2D eigenvalue weighted by Crippen LogP contribution is 2.02. The van der Waals surface area contributed by atoms with Gasteiger partial charge in [0.25, 0.3) is 5.91 Å². The minimum atomic E-state index is -0.427. The van der Waals surface area contributed by atoms with E-state index in [2.05, 4.69) is 15.0 Å². The van der Waals surface area contributed by atoms with Crippen molar-refractivity contribution in [2.24, 2.45) is 21.5 Å². The van der Waals surface area contributed by atoms with Crippen LogP contribution in [-0.4, -0.2) is 41.8 Å². The minimum Gasteiger partial charge on any atom is -0.369 e. The molecule has 1 rings (SSSR count). The number of pyridine rings is 1. The molecule has 4 N–H and O–H groups in total. The first-order valence-corrected chi connectivity index (χ1v) is 4.80. The number of hydrogen-bond acceptors (Lipinski definition) is 4. The van der Waals surface area contributed by atoms with Crippen molar-refractivity contribution in [3.05, 3.63) is 30.1 Å². The first-order chi connectivity index (χ1) is 8.11. The smallest absolute Gasteiger partial charge is 0.269 e. The lowest BCUT2D eigenvalue weighted by atomic mass is 10.2. The Morgan fingerprint density at radius 3 is 2.29 bits per heavy atom. The summed E-state index contributed by atoms with van der Waals surface area (Å²) in [6, 6.07) is 3.25. The largest absolute Gasteiger partial charge is 0.369 e. The molecule has 1 aromatic rings. The predicted molar refractivity (Wildman–Crippen MR) is 65.5 cm³/mol. The third-order valence-corrected chi connectivity index (χ3v) is 2.03. The Balaban J connectivity index is 3.13. The molecule has 17 heavy (non-hydrogen) atoms. The van der Waals surface area contributed by atoms with Crippen LogP contribution >= 0.6 is 0 Å². The van der Waals surface area contributed by atoms with Crippen molar-refractivity contribution in [1.82, 2.24) is 9.88 Å². The van der Waals surface area contributed by atoms with Crippen LogP contribution in [0.4, 0.5) is 0 Å². The Morgan fingerprint density at radius 1 is 1.29 bits per heavy atom. The lowest BCUT2D eigenvalue weighted by Crippen LogP contribution is -2.49. The van der Waals surface area contributed by atoms with Gasteiger partial charge in [0.1, 0.15) is 0 Å². The SMILES string of the molecule is CN=C(N)N(C(=O)c1cccnc1)C(N)=NC. The van der Waals surface area contributed by atoms with Crippen LogP contribution in [-0.2, 0) is 0 Å². The van der Waals surface area contributed by atoms with Gasteiger partial charge in [0.15, 0.2) is 0 Å². The van der Waals surface area contributed by atoms with Gasteiger partial charge < -0.3 is 11.5 Å². The highest BCUT2D eigenvalue weighted by atomic mass is 16.2. The number of amides is 1. The van der Waals surface area contributed by atoms with Crippen LogP contribution in [0.15, 0.2) is 34.5 Å². The summed E-state index contributed by atoms with van der Waals surface area (Å²) in [4.78, 5) is 24.4. The molecule has 1 aromatic heterocycles. The molecule has 0 aliphatic rings. The van der Waals surface area contributed by atoms with E-state index in [1.165, 1.54) is 20.3 Å². The van der Waals surface area contributed by atoms with Crippen molar-refractivity contribution in [2.45, 2.75) is 0 Å².